The summed E-state index contributed by atoms with van der Waals surface area (Å²) >= 11 is 0. The number of aliphatic imine (C=N–C) groups is 1. The van der Waals surface area contributed by atoms with Gasteiger partial charge in [0.15, 0.2) is 11.5 Å². The fourth-order valence-electron chi connectivity index (χ4n) is 3.09. The van der Waals surface area contributed by atoms with Crippen LogP contribution in [0, 0.1) is 0 Å². The number of nitrogens with one attached hydrogen (secondary N) is 2. The van der Waals surface area contributed by atoms with Crippen molar-refractivity contribution < 1.29 is 9.59 Å². The second-order valence-corrected chi connectivity index (χ2v) is 7.27. The number of nitrogens with two attached hydrogens (primary N) is 1. The summed E-state index contributed by atoms with van der Waals surface area (Å²) in [5, 5.41) is 5.69. The first-order valence-corrected chi connectivity index (χ1v) is 9.99. The van der Waals surface area contributed by atoms with Crippen molar-refractivity contribution in [3.05, 3.63) is 48.2 Å². The molecule has 11 heteroatoms. The SMILES string of the molecule is CN=C(C(=O)N1CCC1)C(=CN)NC(=O)c1nc(C2CC2)cnc1Nc1cncnc1. The number of aromatic nitrogens is 4. The van der Waals surface area contributed by atoms with E-state index in [1.165, 1.54) is 13.4 Å². The van der Waals surface area contributed by atoms with E-state index in [0.717, 1.165) is 31.2 Å². The van der Waals surface area contributed by atoms with Gasteiger partial charge in [-0.05, 0) is 19.3 Å². The highest BCUT2D eigenvalue weighted by atomic mass is 16.2. The molecule has 31 heavy (non-hydrogen) atoms. The molecule has 0 aromatic carbocycles. The van der Waals surface area contributed by atoms with Gasteiger partial charge in [-0.3, -0.25) is 14.6 Å². The Bertz CT molecular complexity index is 1040. The van der Waals surface area contributed by atoms with Crippen LogP contribution in [-0.4, -0.2) is 62.5 Å². The lowest BCUT2D eigenvalue weighted by Gasteiger charge is -2.31. The summed E-state index contributed by atoms with van der Waals surface area (Å²) in [4.78, 5) is 48.3. The summed E-state index contributed by atoms with van der Waals surface area (Å²) < 4.78 is 0. The Morgan fingerprint density at radius 3 is 2.55 bits per heavy atom. The van der Waals surface area contributed by atoms with Crippen molar-refractivity contribution in [2.75, 3.05) is 25.5 Å². The van der Waals surface area contributed by atoms with Crippen LogP contribution in [0.4, 0.5) is 11.5 Å². The molecule has 2 fully saturated rings. The zero-order valence-electron chi connectivity index (χ0n) is 17.1. The van der Waals surface area contributed by atoms with Gasteiger partial charge < -0.3 is 21.3 Å². The second-order valence-electron chi connectivity index (χ2n) is 7.27. The summed E-state index contributed by atoms with van der Waals surface area (Å²) in [6.07, 6.45) is 10.3. The molecule has 2 aliphatic rings. The molecule has 4 rings (SSSR count). The van der Waals surface area contributed by atoms with E-state index in [9.17, 15) is 9.59 Å². The fourth-order valence-corrected chi connectivity index (χ4v) is 3.09. The molecule has 1 aliphatic carbocycles. The number of anilines is 2. The summed E-state index contributed by atoms with van der Waals surface area (Å²) in [7, 11) is 1.48. The van der Waals surface area contributed by atoms with E-state index in [1.807, 2.05) is 0 Å². The summed E-state index contributed by atoms with van der Waals surface area (Å²) in [6.45, 7) is 1.32. The van der Waals surface area contributed by atoms with Crippen LogP contribution in [0.15, 0.2) is 41.8 Å². The zero-order chi connectivity index (χ0) is 21.8. The van der Waals surface area contributed by atoms with Gasteiger partial charge in [0.2, 0.25) is 0 Å². The molecule has 0 atom stereocenters. The van der Waals surface area contributed by atoms with E-state index in [-0.39, 0.29) is 28.8 Å². The van der Waals surface area contributed by atoms with E-state index in [1.54, 1.807) is 23.5 Å². The van der Waals surface area contributed by atoms with E-state index < -0.39 is 5.91 Å². The van der Waals surface area contributed by atoms with Gasteiger partial charge in [0, 0.05) is 32.3 Å². The smallest absolute Gasteiger partial charge is 0.278 e. The first kappa shape index (κ1) is 20.4. The molecule has 0 spiro atoms. The highest BCUT2D eigenvalue weighted by Gasteiger charge is 2.30. The Kier molecular flexibility index (Phi) is 5.83. The highest BCUT2D eigenvalue weighted by molar-refractivity contribution is 6.45. The molecule has 4 N–H and O–H groups in total. The third-order valence-electron chi connectivity index (χ3n) is 5.06. The summed E-state index contributed by atoms with van der Waals surface area (Å²) in [5.41, 5.74) is 7.33. The quantitative estimate of drug-likeness (QED) is 0.553. The predicted octanol–water partition coefficient (Wildman–Crippen LogP) is 0.721. The molecule has 1 saturated heterocycles. The Morgan fingerprint density at radius 2 is 1.97 bits per heavy atom. The van der Waals surface area contributed by atoms with Crippen molar-refractivity contribution >= 4 is 29.0 Å². The van der Waals surface area contributed by atoms with Crippen LogP contribution in [-0.2, 0) is 4.79 Å². The molecule has 1 saturated carbocycles. The molecule has 160 valence electrons. The number of carbonyl (C=O) groups excluding carboxylic acids is 2. The predicted molar refractivity (Wildman–Crippen MR) is 114 cm³/mol. The van der Waals surface area contributed by atoms with Crippen LogP contribution in [0.25, 0.3) is 0 Å². The van der Waals surface area contributed by atoms with Crippen molar-refractivity contribution in [2.24, 2.45) is 10.7 Å². The van der Waals surface area contributed by atoms with Crippen molar-refractivity contribution in [2.45, 2.75) is 25.2 Å². The van der Waals surface area contributed by atoms with E-state index in [4.69, 9.17) is 5.73 Å². The van der Waals surface area contributed by atoms with Gasteiger partial charge in [0.1, 0.15) is 12.0 Å². The minimum Gasteiger partial charge on any atom is -0.403 e. The Labute approximate surface area is 178 Å². The standard InChI is InChI=1S/C20H23N9O2/c1-22-16(20(31)29-5-2-6-29)14(7-21)28-19(30)17-18(26-13-8-23-11-24-9-13)25-10-15(27-17)12-3-4-12/h7-12H,2-6,21H2,1H3,(H,25,26)(H,28,30). The van der Waals surface area contributed by atoms with E-state index >= 15 is 0 Å². The normalized spacial score (nSPS) is 16.5. The molecule has 0 bridgehead atoms. The topological polar surface area (TPSA) is 151 Å². The minimum absolute atomic E-state index is 0.0828. The Hall–Kier alpha value is -3.89. The molecule has 0 unspecified atom stereocenters. The maximum atomic E-state index is 13.2. The second kappa shape index (κ2) is 8.86. The molecule has 0 radical (unpaired) electrons. The minimum atomic E-state index is -0.552. The largest absolute Gasteiger partial charge is 0.403 e. The van der Waals surface area contributed by atoms with Gasteiger partial charge in [-0.15, -0.1) is 0 Å². The van der Waals surface area contributed by atoms with Crippen LogP contribution in [0.2, 0.25) is 0 Å². The number of carbonyl (C=O) groups is 2. The lowest BCUT2D eigenvalue weighted by molar-refractivity contribution is -0.127. The molecular formula is C20H23N9O2. The average molecular weight is 421 g/mol. The summed E-state index contributed by atoms with van der Waals surface area (Å²) in [5.74, 6) is -0.275. The third-order valence-corrected chi connectivity index (χ3v) is 5.06. The summed E-state index contributed by atoms with van der Waals surface area (Å²) in [6, 6.07) is 0. The van der Waals surface area contributed by atoms with Gasteiger partial charge in [-0.1, -0.05) is 0 Å². The number of hydrogen-bond acceptors (Lipinski definition) is 9. The monoisotopic (exact) mass is 421 g/mol. The molecule has 3 heterocycles. The molecule has 11 nitrogen and oxygen atoms in total. The van der Waals surface area contributed by atoms with Gasteiger partial charge in [-0.2, -0.15) is 0 Å². The lowest BCUT2D eigenvalue weighted by Crippen LogP contribution is -2.47. The Balaban J connectivity index is 1.59. The van der Waals surface area contributed by atoms with Gasteiger partial charge in [0.25, 0.3) is 11.8 Å². The molecule has 2 aromatic heterocycles. The molecule has 2 amide bonds. The zero-order valence-corrected chi connectivity index (χ0v) is 17.1. The maximum absolute atomic E-state index is 13.2. The number of likely N-dealkylation sites (tertiary alicyclic amines) is 1. The highest BCUT2D eigenvalue weighted by Crippen LogP contribution is 2.39. The van der Waals surface area contributed by atoms with E-state index in [0.29, 0.717) is 24.7 Å². The van der Waals surface area contributed by atoms with Crippen molar-refractivity contribution in [3.63, 3.8) is 0 Å². The number of nitrogens with zero attached hydrogens (tertiary/aromatic N) is 6. The van der Waals surface area contributed by atoms with Crippen LogP contribution < -0.4 is 16.4 Å². The van der Waals surface area contributed by atoms with Gasteiger partial charge in [-0.25, -0.2) is 19.9 Å². The van der Waals surface area contributed by atoms with Crippen LogP contribution in [0.5, 0.6) is 0 Å². The third kappa shape index (κ3) is 4.49. The number of amides is 2. The number of hydrogen-bond donors (Lipinski definition) is 3. The first-order chi connectivity index (χ1) is 15.1. The lowest BCUT2D eigenvalue weighted by atomic mass is 10.1. The van der Waals surface area contributed by atoms with Crippen LogP contribution in [0.3, 0.4) is 0 Å². The fraction of sp³-hybridized carbons (Fsp3) is 0.350. The first-order valence-electron chi connectivity index (χ1n) is 9.99. The molecule has 2 aromatic rings. The van der Waals surface area contributed by atoms with Crippen molar-refractivity contribution in [1.29, 1.82) is 0 Å². The van der Waals surface area contributed by atoms with E-state index in [2.05, 4.69) is 35.6 Å². The molecular weight excluding hydrogens is 398 g/mol. The van der Waals surface area contributed by atoms with Crippen LogP contribution in [0.1, 0.15) is 41.4 Å². The van der Waals surface area contributed by atoms with Gasteiger partial charge in [0.05, 0.1) is 35.7 Å². The molecule has 1 aliphatic heterocycles. The number of rotatable bonds is 7. The van der Waals surface area contributed by atoms with Crippen LogP contribution >= 0.6 is 0 Å². The Morgan fingerprint density at radius 1 is 1.23 bits per heavy atom. The maximum Gasteiger partial charge on any atom is 0.278 e. The van der Waals surface area contributed by atoms with Crippen molar-refractivity contribution in [1.82, 2.24) is 30.2 Å². The average Bonchev–Trinajstić information content (AvgIpc) is 3.58. The van der Waals surface area contributed by atoms with Gasteiger partial charge >= 0.3 is 0 Å². The van der Waals surface area contributed by atoms with Crippen molar-refractivity contribution in [3.8, 4) is 0 Å².